The Kier molecular flexibility index (Phi) is 4.82. The van der Waals surface area contributed by atoms with Gasteiger partial charge in [-0.1, -0.05) is 54.3 Å². The number of carboxylic acids is 1. The van der Waals surface area contributed by atoms with Crippen molar-refractivity contribution in [3.05, 3.63) is 65.0 Å². The van der Waals surface area contributed by atoms with Gasteiger partial charge in [0.25, 0.3) is 5.91 Å². The molecule has 0 saturated carbocycles. The van der Waals surface area contributed by atoms with E-state index in [0.717, 1.165) is 17.3 Å². The van der Waals surface area contributed by atoms with Crippen LogP contribution in [0.5, 0.6) is 0 Å². The fourth-order valence-corrected chi connectivity index (χ4v) is 3.71. The lowest BCUT2D eigenvalue weighted by molar-refractivity contribution is -0.145. The van der Waals surface area contributed by atoms with Crippen LogP contribution in [0.1, 0.15) is 11.3 Å². The first-order valence-electron chi connectivity index (χ1n) is 7.13. The Morgan fingerprint density at radius 3 is 2.67 bits per heavy atom. The number of rotatable bonds is 5. The van der Waals surface area contributed by atoms with Gasteiger partial charge in [0.1, 0.15) is 16.1 Å². The maximum absolute atomic E-state index is 12.6. The van der Waals surface area contributed by atoms with E-state index in [1.165, 1.54) is 11.2 Å². The van der Waals surface area contributed by atoms with Crippen LogP contribution in [0.2, 0.25) is 0 Å². The Bertz CT molecular complexity index is 799. The van der Waals surface area contributed by atoms with Gasteiger partial charge in [-0.05, 0) is 17.7 Å². The molecule has 2 aromatic rings. The van der Waals surface area contributed by atoms with Crippen molar-refractivity contribution >= 4 is 46.3 Å². The fraction of sp³-hybridized carbons (Fsp3) is 0.118. The van der Waals surface area contributed by atoms with E-state index in [0.29, 0.717) is 10.7 Å². The number of carboxylic acid groups (broad SMARTS) is 1. The number of thioether (sulfide) groups is 1. The first-order valence-corrected chi connectivity index (χ1v) is 8.36. The molecule has 0 bridgehead atoms. The van der Waals surface area contributed by atoms with E-state index in [1.807, 2.05) is 30.3 Å². The van der Waals surface area contributed by atoms with E-state index in [1.54, 1.807) is 18.2 Å². The average Bonchev–Trinajstić information content (AvgIpc) is 3.16. The number of carbonyl (C=O) groups excluding carboxylic acids is 1. The molecule has 122 valence electrons. The van der Waals surface area contributed by atoms with E-state index >= 15 is 0 Å². The number of amides is 1. The number of nitrogens with zero attached hydrogens (tertiary/aromatic N) is 1. The highest BCUT2D eigenvalue weighted by Gasteiger charge is 2.40. The molecule has 24 heavy (non-hydrogen) atoms. The van der Waals surface area contributed by atoms with Crippen molar-refractivity contribution in [2.75, 3.05) is 0 Å². The summed E-state index contributed by atoms with van der Waals surface area (Å²) in [5.41, 5.74) is 0.828. The molecule has 1 atom stereocenters. The number of hydrogen-bond donors (Lipinski definition) is 1. The molecular formula is C17H13NO4S2. The van der Waals surface area contributed by atoms with Crippen molar-refractivity contribution in [3.8, 4) is 0 Å². The van der Waals surface area contributed by atoms with Gasteiger partial charge in [-0.3, -0.25) is 9.69 Å². The molecule has 7 heteroatoms. The maximum Gasteiger partial charge on any atom is 0.327 e. The summed E-state index contributed by atoms with van der Waals surface area (Å²) in [4.78, 5) is 25.9. The maximum atomic E-state index is 12.6. The molecule has 2 heterocycles. The molecule has 1 aromatic carbocycles. The van der Waals surface area contributed by atoms with Crippen LogP contribution in [0.3, 0.4) is 0 Å². The van der Waals surface area contributed by atoms with Gasteiger partial charge in [0, 0.05) is 12.5 Å². The molecule has 1 fully saturated rings. The van der Waals surface area contributed by atoms with Crippen molar-refractivity contribution in [2.45, 2.75) is 12.5 Å². The number of hydrogen-bond acceptors (Lipinski definition) is 5. The van der Waals surface area contributed by atoms with Crippen LogP contribution in [0.25, 0.3) is 6.08 Å². The van der Waals surface area contributed by atoms with Crippen LogP contribution < -0.4 is 0 Å². The van der Waals surface area contributed by atoms with Gasteiger partial charge in [-0.2, -0.15) is 0 Å². The predicted octanol–water partition coefficient (Wildman–Crippen LogP) is 3.18. The molecule has 0 unspecified atom stereocenters. The van der Waals surface area contributed by atoms with Gasteiger partial charge in [0.05, 0.1) is 11.2 Å². The van der Waals surface area contributed by atoms with E-state index in [4.69, 9.17) is 16.6 Å². The molecule has 1 aromatic heterocycles. The smallest absolute Gasteiger partial charge is 0.327 e. The topological polar surface area (TPSA) is 70.8 Å². The molecule has 1 aliphatic rings. The summed E-state index contributed by atoms with van der Waals surface area (Å²) in [6, 6.07) is 11.5. The number of carbonyl (C=O) groups is 2. The SMILES string of the molecule is O=C(O)[C@H](Cc1ccccc1)N1C(=O)/C(=C\c2ccco2)SC1=S. The summed E-state index contributed by atoms with van der Waals surface area (Å²) in [5.74, 6) is -0.982. The molecule has 1 N–H and O–H groups in total. The molecule has 0 spiro atoms. The van der Waals surface area contributed by atoms with Crippen molar-refractivity contribution in [1.29, 1.82) is 0 Å². The fourth-order valence-electron chi connectivity index (χ4n) is 2.38. The molecular weight excluding hydrogens is 346 g/mol. The lowest BCUT2D eigenvalue weighted by Crippen LogP contribution is -2.45. The second-order valence-corrected chi connectivity index (χ2v) is 6.79. The standard InChI is InChI=1S/C17H13NO4S2/c19-15-14(10-12-7-4-8-22-12)24-17(23)18(15)13(16(20)21)9-11-5-2-1-3-6-11/h1-8,10,13H,9H2,(H,20,21)/b14-10+/t13-/m0/s1. The Morgan fingerprint density at radius 2 is 2.04 bits per heavy atom. The highest BCUT2D eigenvalue weighted by molar-refractivity contribution is 8.26. The minimum Gasteiger partial charge on any atom is -0.480 e. The Labute approximate surface area is 148 Å². The van der Waals surface area contributed by atoms with Crippen molar-refractivity contribution in [1.82, 2.24) is 4.90 Å². The lowest BCUT2D eigenvalue weighted by atomic mass is 10.0. The summed E-state index contributed by atoms with van der Waals surface area (Å²) in [5, 5.41) is 9.57. The van der Waals surface area contributed by atoms with Crippen molar-refractivity contribution in [2.24, 2.45) is 0 Å². The molecule has 3 rings (SSSR count). The van der Waals surface area contributed by atoms with Crippen LogP contribution in [-0.2, 0) is 16.0 Å². The summed E-state index contributed by atoms with van der Waals surface area (Å²) < 4.78 is 5.43. The van der Waals surface area contributed by atoms with Crippen LogP contribution >= 0.6 is 24.0 Å². The highest BCUT2D eigenvalue weighted by Crippen LogP contribution is 2.34. The van der Waals surface area contributed by atoms with Gasteiger partial charge >= 0.3 is 5.97 Å². The average molecular weight is 359 g/mol. The van der Waals surface area contributed by atoms with Crippen LogP contribution in [0, 0.1) is 0 Å². The van der Waals surface area contributed by atoms with Crippen LogP contribution in [0.15, 0.2) is 58.1 Å². The monoisotopic (exact) mass is 359 g/mol. The van der Waals surface area contributed by atoms with Gasteiger partial charge in [0.15, 0.2) is 0 Å². The van der Waals surface area contributed by atoms with E-state index in [-0.39, 0.29) is 10.7 Å². The summed E-state index contributed by atoms with van der Waals surface area (Å²) in [6.07, 6.45) is 3.26. The molecule has 1 amide bonds. The Balaban J connectivity index is 1.87. The summed E-state index contributed by atoms with van der Waals surface area (Å²) in [7, 11) is 0. The second-order valence-electron chi connectivity index (χ2n) is 5.11. The summed E-state index contributed by atoms with van der Waals surface area (Å²) in [6.45, 7) is 0. The Hall–Kier alpha value is -2.38. The van der Waals surface area contributed by atoms with Gasteiger partial charge in [0.2, 0.25) is 0 Å². The van der Waals surface area contributed by atoms with E-state index in [2.05, 4.69) is 0 Å². The molecule has 0 aliphatic carbocycles. The van der Waals surface area contributed by atoms with E-state index in [9.17, 15) is 14.7 Å². The normalized spacial score (nSPS) is 17.5. The molecule has 0 radical (unpaired) electrons. The third kappa shape index (κ3) is 3.42. The van der Waals surface area contributed by atoms with Crippen LogP contribution in [-0.4, -0.2) is 32.2 Å². The zero-order chi connectivity index (χ0) is 17.1. The first kappa shape index (κ1) is 16.5. The minimum atomic E-state index is -1.09. The number of furan rings is 1. The van der Waals surface area contributed by atoms with Gasteiger partial charge in [-0.25, -0.2) is 4.79 Å². The molecule has 5 nitrogen and oxygen atoms in total. The quantitative estimate of drug-likeness (QED) is 0.653. The number of benzene rings is 1. The predicted molar refractivity (Wildman–Crippen MR) is 95.3 cm³/mol. The van der Waals surface area contributed by atoms with Crippen molar-refractivity contribution in [3.63, 3.8) is 0 Å². The second kappa shape index (κ2) is 7.02. The Morgan fingerprint density at radius 1 is 1.29 bits per heavy atom. The third-order valence-corrected chi connectivity index (χ3v) is 4.84. The number of thiocarbonyl (C=S) groups is 1. The number of aliphatic carboxylic acids is 1. The third-order valence-electron chi connectivity index (χ3n) is 3.51. The zero-order valence-corrected chi connectivity index (χ0v) is 14.0. The van der Waals surface area contributed by atoms with Crippen LogP contribution in [0.4, 0.5) is 0 Å². The largest absolute Gasteiger partial charge is 0.480 e. The molecule has 1 saturated heterocycles. The van der Waals surface area contributed by atoms with Crippen molar-refractivity contribution < 1.29 is 19.1 Å². The van der Waals surface area contributed by atoms with Gasteiger partial charge < -0.3 is 9.52 Å². The van der Waals surface area contributed by atoms with Gasteiger partial charge in [-0.15, -0.1) is 0 Å². The summed E-state index contributed by atoms with van der Waals surface area (Å²) >= 11 is 6.32. The van der Waals surface area contributed by atoms with E-state index < -0.39 is 17.9 Å². The first-order chi connectivity index (χ1) is 11.6. The molecule has 1 aliphatic heterocycles. The zero-order valence-electron chi connectivity index (χ0n) is 12.4. The highest BCUT2D eigenvalue weighted by atomic mass is 32.2. The minimum absolute atomic E-state index is 0.191. The lowest BCUT2D eigenvalue weighted by Gasteiger charge is -2.23.